The zero-order valence-corrected chi connectivity index (χ0v) is 10.5. The second-order valence-electron chi connectivity index (χ2n) is 5.09. The van der Waals surface area contributed by atoms with Gasteiger partial charge in [-0.25, -0.2) is 0 Å². The molecule has 0 aliphatic carbocycles. The lowest BCUT2D eigenvalue weighted by Gasteiger charge is -2.23. The van der Waals surface area contributed by atoms with Crippen molar-refractivity contribution in [3.63, 3.8) is 0 Å². The Bertz CT molecular complexity index is 354. The molecule has 16 heavy (non-hydrogen) atoms. The standard InChI is InChI=1S/C14H20O2/c1-5-14(3,4)11-6-8-12(9-7-11)16-13-10(2)15-13/h6-10,13H,5H2,1-4H3. The van der Waals surface area contributed by atoms with E-state index in [1.165, 1.54) is 5.56 Å². The quantitative estimate of drug-likeness (QED) is 0.724. The maximum atomic E-state index is 5.62. The molecule has 0 amide bonds. The Balaban J connectivity index is 2.04. The fourth-order valence-electron chi connectivity index (χ4n) is 1.61. The van der Waals surface area contributed by atoms with Gasteiger partial charge in [0.15, 0.2) is 0 Å². The van der Waals surface area contributed by atoms with Crippen LogP contribution in [0.5, 0.6) is 5.75 Å². The lowest BCUT2D eigenvalue weighted by molar-refractivity contribution is 0.178. The van der Waals surface area contributed by atoms with Crippen LogP contribution in [0.15, 0.2) is 24.3 Å². The SMILES string of the molecule is CCC(C)(C)c1ccc(OC2OC2C)cc1. The summed E-state index contributed by atoms with van der Waals surface area (Å²) >= 11 is 0. The number of hydrogen-bond acceptors (Lipinski definition) is 2. The van der Waals surface area contributed by atoms with Crippen LogP contribution in [0.3, 0.4) is 0 Å². The average Bonchev–Trinajstić information content (AvgIpc) is 2.95. The van der Waals surface area contributed by atoms with Gasteiger partial charge in [0.05, 0.1) is 0 Å². The van der Waals surface area contributed by atoms with Crippen LogP contribution < -0.4 is 4.74 Å². The van der Waals surface area contributed by atoms with Gasteiger partial charge in [-0.2, -0.15) is 0 Å². The Hall–Kier alpha value is -1.02. The van der Waals surface area contributed by atoms with E-state index in [0.717, 1.165) is 12.2 Å². The summed E-state index contributed by atoms with van der Waals surface area (Å²) in [5, 5.41) is 0. The number of benzene rings is 1. The third-order valence-electron chi connectivity index (χ3n) is 3.43. The van der Waals surface area contributed by atoms with Crippen molar-refractivity contribution in [2.24, 2.45) is 0 Å². The normalized spacial score (nSPS) is 24.2. The van der Waals surface area contributed by atoms with Crippen molar-refractivity contribution in [2.75, 3.05) is 0 Å². The van der Waals surface area contributed by atoms with Crippen molar-refractivity contribution in [3.05, 3.63) is 29.8 Å². The summed E-state index contributed by atoms with van der Waals surface area (Å²) in [7, 11) is 0. The minimum Gasteiger partial charge on any atom is -0.462 e. The fourth-order valence-corrected chi connectivity index (χ4v) is 1.61. The minimum atomic E-state index is -0.0370. The molecule has 0 N–H and O–H groups in total. The van der Waals surface area contributed by atoms with Gasteiger partial charge in [0.25, 0.3) is 0 Å². The molecule has 2 heteroatoms. The van der Waals surface area contributed by atoms with Crippen molar-refractivity contribution >= 4 is 0 Å². The van der Waals surface area contributed by atoms with Gasteiger partial charge in [-0.15, -0.1) is 0 Å². The Morgan fingerprint density at radius 3 is 2.25 bits per heavy atom. The predicted molar refractivity (Wildman–Crippen MR) is 64.7 cm³/mol. The molecule has 1 fully saturated rings. The molecule has 2 unspecified atom stereocenters. The first-order chi connectivity index (χ1) is 7.53. The van der Waals surface area contributed by atoms with Crippen LogP contribution in [-0.4, -0.2) is 12.4 Å². The molecule has 88 valence electrons. The molecule has 2 atom stereocenters. The summed E-state index contributed by atoms with van der Waals surface area (Å²) in [6.07, 6.45) is 1.34. The van der Waals surface area contributed by atoms with Crippen LogP contribution in [0.4, 0.5) is 0 Å². The van der Waals surface area contributed by atoms with Gasteiger partial charge < -0.3 is 9.47 Å². The van der Waals surface area contributed by atoms with E-state index in [2.05, 4.69) is 32.9 Å². The van der Waals surface area contributed by atoms with E-state index in [1.807, 2.05) is 19.1 Å². The summed E-state index contributed by atoms with van der Waals surface area (Å²) in [5.41, 5.74) is 1.59. The second-order valence-corrected chi connectivity index (χ2v) is 5.09. The molecule has 2 nitrogen and oxygen atoms in total. The van der Waals surface area contributed by atoms with E-state index >= 15 is 0 Å². The van der Waals surface area contributed by atoms with E-state index in [0.29, 0.717) is 0 Å². The number of hydrogen-bond donors (Lipinski definition) is 0. The zero-order valence-electron chi connectivity index (χ0n) is 10.5. The summed E-state index contributed by atoms with van der Waals surface area (Å²) in [5.74, 6) is 0.894. The fraction of sp³-hybridized carbons (Fsp3) is 0.571. The molecular weight excluding hydrogens is 200 g/mol. The highest BCUT2D eigenvalue weighted by molar-refractivity contribution is 5.31. The average molecular weight is 220 g/mol. The van der Waals surface area contributed by atoms with Gasteiger partial charge in [-0.05, 0) is 36.5 Å². The topological polar surface area (TPSA) is 21.8 Å². The van der Waals surface area contributed by atoms with Gasteiger partial charge >= 0.3 is 0 Å². The molecule has 1 saturated heterocycles. The van der Waals surface area contributed by atoms with E-state index in [9.17, 15) is 0 Å². The summed E-state index contributed by atoms with van der Waals surface area (Å²) in [6, 6.07) is 8.35. The Morgan fingerprint density at radius 2 is 1.81 bits per heavy atom. The highest BCUT2D eigenvalue weighted by Gasteiger charge is 2.36. The number of ether oxygens (including phenoxy) is 2. The second kappa shape index (κ2) is 4.10. The van der Waals surface area contributed by atoms with Gasteiger partial charge in [0, 0.05) is 0 Å². The largest absolute Gasteiger partial charge is 0.462 e. The first kappa shape index (κ1) is 11.5. The molecular formula is C14H20O2. The first-order valence-electron chi connectivity index (χ1n) is 5.95. The lowest BCUT2D eigenvalue weighted by Crippen LogP contribution is -2.15. The Morgan fingerprint density at radius 1 is 1.25 bits per heavy atom. The van der Waals surface area contributed by atoms with Crippen molar-refractivity contribution in [1.82, 2.24) is 0 Å². The first-order valence-corrected chi connectivity index (χ1v) is 5.95. The van der Waals surface area contributed by atoms with Crippen molar-refractivity contribution in [2.45, 2.75) is 51.9 Å². The maximum absolute atomic E-state index is 5.62. The van der Waals surface area contributed by atoms with Gasteiger partial charge in [0.1, 0.15) is 11.9 Å². The van der Waals surface area contributed by atoms with Gasteiger partial charge in [0.2, 0.25) is 6.29 Å². The zero-order chi connectivity index (χ0) is 11.8. The molecule has 0 bridgehead atoms. The van der Waals surface area contributed by atoms with Crippen molar-refractivity contribution in [1.29, 1.82) is 0 Å². The molecule has 1 aliphatic heterocycles. The molecule has 1 aromatic carbocycles. The highest BCUT2D eigenvalue weighted by Crippen LogP contribution is 2.30. The monoisotopic (exact) mass is 220 g/mol. The summed E-state index contributed by atoms with van der Waals surface area (Å²) in [4.78, 5) is 0. The third kappa shape index (κ3) is 2.38. The van der Waals surface area contributed by atoms with E-state index in [-0.39, 0.29) is 17.8 Å². The molecule has 1 aliphatic rings. The van der Waals surface area contributed by atoms with Crippen LogP contribution in [0.1, 0.15) is 39.7 Å². The van der Waals surface area contributed by atoms with Crippen LogP contribution in [-0.2, 0) is 10.2 Å². The highest BCUT2D eigenvalue weighted by atomic mass is 16.8. The molecule has 1 aromatic rings. The van der Waals surface area contributed by atoms with Crippen LogP contribution in [0, 0.1) is 0 Å². The predicted octanol–water partition coefficient (Wildman–Crippen LogP) is 3.50. The van der Waals surface area contributed by atoms with Crippen molar-refractivity contribution < 1.29 is 9.47 Å². The van der Waals surface area contributed by atoms with Crippen LogP contribution >= 0.6 is 0 Å². The Kier molecular flexibility index (Phi) is 2.94. The number of rotatable bonds is 4. The number of epoxide rings is 1. The Labute approximate surface area is 97.6 Å². The van der Waals surface area contributed by atoms with Gasteiger partial charge in [-0.1, -0.05) is 32.9 Å². The molecule has 0 aromatic heterocycles. The van der Waals surface area contributed by atoms with Crippen LogP contribution in [0.25, 0.3) is 0 Å². The third-order valence-corrected chi connectivity index (χ3v) is 3.43. The van der Waals surface area contributed by atoms with Gasteiger partial charge in [-0.3, -0.25) is 0 Å². The summed E-state index contributed by atoms with van der Waals surface area (Å²) < 4.78 is 10.8. The molecule has 1 heterocycles. The smallest absolute Gasteiger partial charge is 0.226 e. The molecule has 0 radical (unpaired) electrons. The molecule has 2 rings (SSSR count). The van der Waals surface area contributed by atoms with Crippen molar-refractivity contribution in [3.8, 4) is 5.75 Å². The molecule has 0 saturated carbocycles. The summed E-state index contributed by atoms with van der Waals surface area (Å²) in [6.45, 7) is 8.74. The van der Waals surface area contributed by atoms with E-state index in [4.69, 9.17) is 9.47 Å². The van der Waals surface area contributed by atoms with Crippen LogP contribution in [0.2, 0.25) is 0 Å². The van der Waals surface area contributed by atoms with E-state index in [1.54, 1.807) is 0 Å². The minimum absolute atomic E-state index is 0.0370. The van der Waals surface area contributed by atoms with E-state index < -0.39 is 0 Å². The lowest BCUT2D eigenvalue weighted by atomic mass is 9.82. The maximum Gasteiger partial charge on any atom is 0.226 e. The molecule has 0 spiro atoms.